The minimum absolute atomic E-state index is 0.0525. The van der Waals surface area contributed by atoms with Crippen LogP contribution >= 0.6 is 15.9 Å². The van der Waals surface area contributed by atoms with Crippen molar-refractivity contribution in [2.24, 2.45) is 0 Å². The molecular formula is C18H25BrO4. The molecule has 0 radical (unpaired) electrons. The Morgan fingerprint density at radius 2 is 1.74 bits per heavy atom. The predicted molar refractivity (Wildman–Crippen MR) is 91.5 cm³/mol. The van der Waals surface area contributed by atoms with Crippen LogP contribution in [0, 0.1) is 0 Å². The molecule has 3 unspecified atom stereocenters. The number of benzene rings is 1. The van der Waals surface area contributed by atoms with E-state index in [1.807, 2.05) is 18.2 Å². The van der Waals surface area contributed by atoms with Crippen molar-refractivity contribution >= 4 is 15.9 Å². The first-order valence-electron chi connectivity index (χ1n) is 8.57. The summed E-state index contributed by atoms with van der Waals surface area (Å²) in [4.78, 5) is 0. The molecule has 23 heavy (non-hydrogen) atoms. The summed E-state index contributed by atoms with van der Waals surface area (Å²) in [7, 11) is 0. The van der Waals surface area contributed by atoms with Crippen LogP contribution in [-0.2, 0) is 14.2 Å². The summed E-state index contributed by atoms with van der Waals surface area (Å²) in [6, 6.07) is 6.01. The van der Waals surface area contributed by atoms with Gasteiger partial charge in [0, 0.05) is 17.5 Å². The number of rotatable bonds is 5. The van der Waals surface area contributed by atoms with Crippen LogP contribution in [0.2, 0.25) is 0 Å². The van der Waals surface area contributed by atoms with Gasteiger partial charge in [0.1, 0.15) is 5.75 Å². The molecule has 0 bridgehead atoms. The smallest absolute Gasteiger partial charge is 0.199 e. The van der Waals surface area contributed by atoms with E-state index < -0.39 is 0 Å². The molecule has 0 saturated carbocycles. The maximum Gasteiger partial charge on any atom is 0.199 e. The molecule has 2 heterocycles. The lowest BCUT2D eigenvalue weighted by Crippen LogP contribution is -2.25. The van der Waals surface area contributed by atoms with E-state index in [0.717, 1.165) is 61.1 Å². The van der Waals surface area contributed by atoms with Gasteiger partial charge in [0.25, 0.3) is 0 Å². The van der Waals surface area contributed by atoms with Crippen molar-refractivity contribution < 1.29 is 18.9 Å². The summed E-state index contributed by atoms with van der Waals surface area (Å²) in [5.41, 5.74) is 1.08. The second-order valence-electron chi connectivity index (χ2n) is 6.17. The monoisotopic (exact) mass is 384 g/mol. The molecule has 4 nitrogen and oxygen atoms in total. The van der Waals surface area contributed by atoms with Crippen LogP contribution in [0.15, 0.2) is 22.7 Å². The molecule has 0 amide bonds. The van der Waals surface area contributed by atoms with E-state index in [-0.39, 0.29) is 18.7 Å². The van der Waals surface area contributed by atoms with Crippen LogP contribution in [0.1, 0.15) is 57.1 Å². The van der Waals surface area contributed by atoms with Crippen molar-refractivity contribution in [3.8, 4) is 5.75 Å². The topological polar surface area (TPSA) is 36.9 Å². The van der Waals surface area contributed by atoms with Gasteiger partial charge >= 0.3 is 0 Å². The van der Waals surface area contributed by atoms with Gasteiger partial charge in [-0.2, -0.15) is 0 Å². The predicted octanol–water partition coefficient (Wildman–Crippen LogP) is 4.96. The fourth-order valence-corrected chi connectivity index (χ4v) is 3.55. The third-order valence-electron chi connectivity index (χ3n) is 4.30. The van der Waals surface area contributed by atoms with Crippen LogP contribution in [0.5, 0.6) is 5.75 Å². The fraction of sp³-hybridized carbons (Fsp3) is 0.667. The summed E-state index contributed by atoms with van der Waals surface area (Å²) >= 11 is 3.61. The molecule has 5 heteroatoms. The third kappa shape index (κ3) is 4.92. The van der Waals surface area contributed by atoms with E-state index in [2.05, 4.69) is 22.9 Å². The molecule has 0 spiro atoms. The van der Waals surface area contributed by atoms with Gasteiger partial charge in [0.2, 0.25) is 0 Å². The highest BCUT2D eigenvalue weighted by atomic mass is 79.9. The van der Waals surface area contributed by atoms with Crippen LogP contribution in [-0.4, -0.2) is 25.8 Å². The lowest BCUT2D eigenvalue weighted by atomic mass is 10.1. The van der Waals surface area contributed by atoms with Gasteiger partial charge in [0.15, 0.2) is 12.6 Å². The zero-order valence-corrected chi connectivity index (χ0v) is 15.2. The van der Waals surface area contributed by atoms with E-state index >= 15 is 0 Å². The first kappa shape index (κ1) is 17.2. The molecule has 0 aliphatic carbocycles. The molecule has 2 aliphatic rings. The maximum absolute atomic E-state index is 6.06. The highest BCUT2D eigenvalue weighted by Gasteiger charge is 2.21. The standard InChI is InChI=1S/C18H25BrO4/c1-13(22-17-6-2-4-10-20-17)15-12-14(8-9-16(15)19)23-18-7-3-5-11-21-18/h8-9,12-13,17-18H,2-7,10-11H2,1H3. The summed E-state index contributed by atoms with van der Waals surface area (Å²) in [6.07, 6.45) is 6.21. The van der Waals surface area contributed by atoms with Crippen LogP contribution < -0.4 is 4.74 Å². The van der Waals surface area contributed by atoms with Gasteiger partial charge in [-0.3, -0.25) is 0 Å². The molecule has 2 aliphatic heterocycles. The molecule has 3 rings (SSSR count). The van der Waals surface area contributed by atoms with E-state index in [9.17, 15) is 0 Å². The third-order valence-corrected chi connectivity index (χ3v) is 5.03. The van der Waals surface area contributed by atoms with Crippen molar-refractivity contribution in [2.75, 3.05) is 13.2 Å². The van der Waals surface area contributed by atoms with Gasteiger partial charge < -0.3 is 18.9 Å². The summed E-state index contributed by atoms with van der Waals surface area (Å²) in [5, 5.41) is 0. The molecule has 128 valence electrons. The number of ether oxygens (including phenoxy) is 4. The van der Waals surface area contributed by atoms with E-state index in [4.69, 9.17) is 18.9 Å². The van der Waals surface area contributed by atoms with Crippen molar-refractivity contribution in [1.29, 1.82) is 0 Å². The highest BCUT2D eigenvalue weighted by Crippen LogP contribution is 2.32. The Morgan fingerprint density at radius 1 is 1.04 bits per heavy atom. The molecule has 0 N–H and O–H groups in total. The largest absolute Gasteiger partial charge is 0.465 e. The van der Waals surface area contributed by atoms with Crippen LogP contribution in [0.4, 0.5) is 0 Å². The van der Waals surface area contributed by atoms with Crippen molar-refractivity contribution in [2.45, 2.75) is 64.1 Å². The lowest BCUT2D eigenvalue weighted by Gasteiger charge is -2.27. The van der Waals surface area contributed by atoms with Gasteiger partial charge in [-0.1, -0.05) is 15.9 Å². The Balaban J connectivity index is 1.63. The average Bonchev–Trinajstić information content (AvgIpc) is 2.58. The molecular weight excluding hydrogens is 360 g/mol. The van der Waals surface area contributed by atoms with Crippen molar-refractivity contribution in [3.05, 3.63) is 28.2 Å². The Hall–Kier alpha value is -0.620. The SMILES string of the molecule is CC(OC1CCCCO1)c1cc(OC2CCCCO2)ccc1Br. The second kappa shape index (κ2) is 8.47. The van der Waals surface area contributed by atoms with Gasteiger partial charge in [-0.25, -0.2) is 0 Å². The first-order chi connectivity index (χ1) is 11.2. The molecule has 0 aromatic heterocycles. The summed E-state index contributed by atoms with van der Waals surface area (Å²) in [6.45, 7) is 3.63. The minimum atomic E-state index is -0.129. The van der Waals surface area contributed by atoms with E-state index in [1.165, 1.54) is 6.42 Å². The van der Waals surface area contributed by atoms with Gasteiger partial charge in [-0.15, -0.1) is 0 Å². The number of halogens is 1. The average molecular weight is 385 g/mol. The van der Waals surface area contributed by atoms with Crippen LogP contribution in [0.25, 0.3) is 0 Å². The van der Waals surface area contributed by atoms with Gasteiger partial charge in [0.05, 0.1) is 12.7 Å². The van der Waals surface area contributed by atoms with E-state index in [0.29, 0.717) is 0 Å². The molecule has 2 fully saturated rings. The minimum Gasteiger partial charge on any atom is -0.465 e. The quantitative estimate of drug-likeness (QED) is 0.718. The van der Waals surface area contributed by atoms with Crippen molar-refractivity contribution in [1.82, 2.24) is 0 Å². The van der Waals surface area contributed by atoms with Crippen molar-refractivity contribution in [3.63, 3.8) is 0 Å². The Bertz CT molecular complexity index is 496. The molecule has 1 aromatic rings. The zero-order valence-electron chi connectivity index (χ0n) is 13.6. The zero-order chi connectivity index (χ0) is 16.1. The normalized spacial score (nSPS) is 26.7. The number of hydrogen-bond acceptors (Lipinski definition) is 4. The first-order valence-corrected chi connectivity index (χ1v) is 9.36. The van der Waals surface area contributed by atoms with Crippen LogP contribution in [0.3, 0.4) is 0 Å². The summed E-state index contributed by atoms with van der Waals surface area (Å²) < 4.78 is 24.4. The molecule has 3 atom stereocenters. The fourth-order valence-electron chi connectivity index (χ4n) is 2.98. The van der Waals surface area contributed by atoms with E-state index in [1.54, 1.807) is 0 Å². The molecule has 2 saturated heterocycles. The molecule has 1 aromatic carbocycles. The van der Waals surface area contributed by atoms with Gasteiger partial charge in [-0.05, 0) is 62.8 Å². The summed E-state index contributed by atoms with van der Waals surface area (Å²) in [5.74, 6) is 0.829. The Morgan fingerprint density at radius 3 is 2.39 bits per heavy atom. The maximum atomic E-state index is 6.06. The number of hydrogen-bond donors (Lipinski definition) is 0. The Labute approximate surface area is 146 Å². The lowest BCUT2D eigenvalue weighted by molar-refractivity contribution is -0.186. The Kier molecular flexibility index (Phi) is 6.34. The second-order valence-corrected chi connectivity index (χ2v) is 7.03. The highest BCUT2D eigenvalue weighted by molar-refractivity contribution is 9.10.